The van der Waals surface area contributed by atoms with Gasteiger partial charge in [0, 0.05) is 23.7 Å². The molecule has 0 spiro atoms. The fraction of sp³-hybridized carbons (Fsp3) is 0.667. The molecule has 2 aliphatic heterocycles. The van der Waals surface area contributed by atoms with Gasteiger partial charge >= 0.3 is 0 Å². The first-order valence-electron chi connectivity index (χ1n) is 5.08. The van der Waals surface area contributed by atoms with Crippen LogP contribution in [0.2, 0.25) is 0 Å². The average molecular weight is 223 g/mol. The summed E-state index contributed by atoms with van der Waals surface area (Å²) in [5.41, 5.74) is 8.41. The van der Waals surface area contributed by atoms with Crippen LogP contribution in [0.1, 0.15) is 6.42 Å². The Kier molecular flexibility index (Phi) is 3.40. The lowest BCUT2D eigenvalue weighted by Crippen LogP contribution is -2.32. The van der Waals surface area contributed by atoms with E-state index in [0.717, 1.165) is 0 Å². The quantitative estimate of drug-likeness (QED) is 0.432. The lowest BCUT2D eigenvalue weighted by atomic mass is 10.1. The highest BCUT2D eigenvalue weighted by molar-refractivity contribution is 5.71. The van der Waals surface area contributed by atoms with Crippen molar-refractivity contribution in [1.29, 1.82) is 0 Å². The van der Waals surface area contributed by atoms with Crippen LogP contribution in [0.5, 0.6) is 0 Å². The lowest BCUT2D eigenvalue weighted by molar-refractivity contribution is -0.0511. The van der Waals surface area contributed by atoms with E-state index < -0.39 is 6.10 Å². The minimum Gasteiger partial charge on any atom is -0.394 e. The van der Waals surface area contributed by atoms with Crippen molar-refractivity contribution in [3.05, 3.63) is 22.7 Å². The number of hydrogen-bond acceptors (Lipinski definition) is 5. The standard InChI is InChI=1S/C9H13N5O2/c10-13-12-7-4-9(16-8(7)5-15)14-3-1-2-11-6-14/h1-3,7-9,15H,4-6H2/t7-,8+,9+/m0/s1. The number of aliphatic hydroxyl groups excluding tert-OH is 1. The molecule has 86 valence electrons. The third kappa shape index (κ3) is 2.16. The summed E-state index contributed by atoms with van der Waals surface area (Å²) in [6.45, 7) is 0.392. The second-order valence-electron chi connectivity index (χ2n) is 3.65. The van der Waals surface area contributed by atoms with Gasteiger partial charge in [0.1, 0.15) is 12.9 Å². The Morgan fingerprint density at radius 2 is 2.56 bits per heavy atom. The average Bonchev–Trinajstić information content (AvgIpc) is 2.74. The van der Waals surface area contributed by atoms with Gasteiger partial charge in [-0.15, -0.1) is 0 Å². The van der Waals surface area contributed by atoms with Crippen LogP contribution >= 0.6 is 0 Å². The van der Waals surface area contributed by atoms with Gasteiger partial charge in [0.05, 0.1) is 18.8 Å². The van der Waals surface area contributed by atoms with Crippen molar-refractivity contribution in [2.75, 3.05) is 13.3 Å². The topological polar surface area (TPSA) is 93.8 Å². The summed E-state index contributed by atoms with van der Waals surface area (Å²) in [6, 6.07) is -0.306. The van der Waals surface area contributed by atoms with Crippen molar-refractivity contribution in [1.82, 2.24) is 4.90 Å². The number of rotatable bonds is 3. The van der Waals surface area contributed by atoms with Crippen molar-refractivity contribution in [2.45, 2.75) is 24.8 Å². The van der Waals surface area contributed by atoms with E-state index in [2.05, 4.69) is 15.0 Å². The summed E-state index contributed by atoms with van der Waals surface area (Å²) in [6.07, 6.45) is 5.41. The molecule has 2 aliphatic rings. The molecular formula is C9H13N5O2. The van der Waals surface area contributed by atoms with Crippen LogP contribution in [0.3, 0.4) is 0 Å². The monoisotopic (exact) mass is 223 g/mol. The largest absolute Gasteiger partial charge is 0.394 e. The van der Waals surface area contributed by atoms with Gasteiger partial charge in [-0.05, 0) is 11.6 Å². The summed E-state index contributed by atoms with van der Waals surface area (Å²) in [5, 5.41) is 12.7. The molecule has 0 saturated carbocycles. The molecule has 1 saturated heterocycles. The first kappa shape index (κ1) is 10.9. The van der Waals surface area contributed by atoms with Crippen molar-refractivity contribution >= 4 is 6.21 Å². The number of azide groups is 1. The van der Waals surface area contributed by atoms with E-state index in [4.69, 9.17) is 15.4 Å². The van der Waals surface area contributed by atoms with E-state index in [1.54, 1.807) is 6.21 Å². The molecule has 0 bridgehead atoms. The fourth-order valence-corrected chi connectivity index (χ4v) is 1.86. The maximum absolute atomic E-state index is 9.10. The van der Waals surface area contributed by atoms with Crippen LogP contribution in [-0.2, 0) is 4.74 Å². The summed E-state index contributed by atoms with van der Waals surface area (Å²) in [5.74, 6) is 0. The zero-order chi connectivity index (χ0) is 11.4. The Labute approximate surface area is 92.7 Å². The molecule has 2 rings (SSSR count). The highest BCUT2D eigenvalue weighted by Crippen LogP contribution is 2.26. The maximum atomic E-state index is 9.10. The predicted octanol–water partition coefficient (Wildman–Crippen LogP) is 0.630. The van der Waals surface area contributed by atoms with Crippen molar-refractivity contribution in [3.8, 4) is 0 Å². The predicted molar refractivity (Wildman–Crippen MR) is 57.6 cm³/mol. The minimum absolute atomic E-state index is 0.138. The molecule has 1 fully saturated rings. The molecule has 0 aliphatic carbocycles. The molecule has 16 heavy (non-hydrogen) atoms. The second kappa shape index (κ2) is 4.98. The molecule has 0 unspecified atom stereocenters. The molecule has 0 aromatic heterocycles. The fourth-order valence-electron chi connectivity index (χ4n) is 1.86. The van der Waals surface area contributed by atoms with Gasteiger partial charge in [0.15, 0.2) is 0 Å². The van der Waals surface area contributed by atoms with Crippen LogP contribution in [0.25, 0.3) is 10.4 Å². The van der Waals surface area contributed by atoms with Crippen molar-refractivity contribution in [2.24, 2.45) is 10.1 Å². The van der Waals surface area contributed by atoms with Crippen LogP contribution in [0.4, 0.5) is 0 Å². The van der Waals surface area contributed by atoms with E-state index in [1.165, 1.54) is 0 Å². The van der Waals surface area contributed by atoms with Gasteiger partial charge < -0.3 is 14.7 Å². The Balaban J connectivity index is 2.01. The van der Waals surface area contributed by atoms with Crippen molar-refractivity contribution in [3.63, 3.8) is 0 Å². The summed E-state index contributed by atoms with van der Waals surface area (Å²) in [7, 11) is 0. The number of aliphatic imine (C=N–C) groups is 1. The molecule has 7 heteroatoms. The van der Waals surface area contributed by atoms with Gasteiger partial charge in [0.2, 0.25) is 0 Å². The molecule has 3 atom stereocenters. The van der Waals surface area contributed by atoms with Crippen LogP contribution in [0, 0.1) is 0 Å². The molecule has 7 nitrogen and oxygen atoms in total. The summed E-state index contributed by atoms with van der Waals surface area (Å²) in [4.78, 5) is 8.77. The smallest absolute Gasteiger partial charge is 0.132 e. The number of hydrogen-bond donors (Lipinski definition) is 1. The maximum Gasteiger partial charge on any atom is 0.132 e. The third-order valence-electron chi connectivity index (χ3n) is 2.67. The number of allylic oxidation sites excluding steroid dienone is 1. The molecular weight excluding hydrogens is 210 g/mol. The second-order valence-corrected chi connectivity index (χ2v) is 3.65. The Hall–Kier alpha value is -1.56. The highest BCUT2D eigenvalue weighted by atomic mass is 16.5. The number of ether oxygens (including phenoxy) is 1. The molecule has 0 amide bonds. The molecule has 0 radical (unpaired) electrons. The molecule has 0 aromatic rings. The van der Waals surface area contributed by atoms with Crippen LogP contribution in [0.15, 0.2) is 22.4 Å². The Bertz CT molecular complexity index is 350. The Morgan fingerprint density at radius 3 is 3.19 bits per heavy atom. The van der Waals surface area contributed by atoms with Gasteiger partial charge in [-0.2, -0.15) is 0 Å². The van der Waals surface area contributed by atoms with E-state index >= 15 is 0 Å². The molecule has 1 N–H and O–H groups in total. The van der Waals surface area contributed by atoms with Crippen LogP contribution in [-0.4, -0.2) is 47.9 Å². The van der Waals surface area contributed by atoms with Crippen molar-refractivity contribution < 1.29 is 9.84 Å². The summed E-state index contributed by atoms with van der Waals surface area (Å²) >= 11 is 0. The zero-order valence-electron chi connectivity index (χ0n) is 8.68. The number of aliphatic hydroxyl groups is 1. The zero-order valence-corrected chi connectivity index (χ0v) is 8.68. The van der Waals surface area contributed by atoms with Gasteiger partial charge in [0.25, 0.3) is 0 Å². The first-order valence-corrected chi connectivity index (χ1v) is 5.08. The SMILES string of the molecule is [N-]=[N+]=N[C@H]1C[C@H](N2C=CC=NC2)O[C@@H]1CO. The highest BCUT2D eigenvalue weighted by Gasteiger charge is 2.36. The number of nitrogens with zero attached hydrogens (tertiary/aromatic N) is 5. The van der Waals surface area contributed by atoms with E-state index in [9.17, 15) is 0 Å². The van der Waals surface area contributed by atoms with Gasteiger partial charge in [-0.25, -0.2) is 0 Å². The Morgan fingerprint density at radius 1 is 1.69 bits per heavy atom. The van der Waals surface area contributed by atoms with E-state index in [-0.39, 0.29) is 18.9 Å². The van der Waals surface area contributed by atoms with Crippen LogP contribution < -0.4 is 0 Å². The molecule has 2 heterocycles. The van der Waals surface area contributed by atoms with E-state index in [0.29, 0.717) is 13.1 Å². The van der Waals surface area contributed by atoms with Gasteiger partial charge in [-0.1, -0.05) is 5.11 Å². The van der Waals surface area contributed by atoms with Gasteiger partial charge in [-0.3, -0.25) is 4.99 Å². The first-order chi connectivity index (χ1) is 7.85. The molecule has 0 aromatic carbocycles. The minimum atomic E-state index is -0.416. The lowest BCUT2D eigenvalue weighted by Gasteiger charge is -2.26. The normalized spacial score (nSPS) is 32.8. The van der Waals surface area contributed by atoms with E-state index in [1.807, 2.05) is 17.2 Å². The summed E-state index contributed by atoms with van der Waals surface area (Å²) < 4.78 is 5.60. The third-order valence-corrected chi connectivity index (χ3v) is 2.67.